The van der Waals surface area contributed by atoms with Gasteiger partial charge in [0.05, 0.1) is 5.69 Å². The first-order valence-electron chi connectivity index (χ1n) is 12.9. The van der Waals surface area contributed by atoms with Gasteiger partial charge in [-0.15, -0.1) is 0 Å². The number of nitrogens with zero attached hydrogens (tertiary/aromatic N) is 3. The molecule has 0 bridgehead atoms. The Kier molecular flexibility index (Phi) is 6.07. The first-order chi connectivity index (χ1) is 18.8. The highest BCUT2D eigenvalue weighted by Crippen LogP contribution is 2.45. The Bertz CT molecular complexity index is 1620. The Balaban J connectivity index is 1.45. The molecule has 198 valence electrons. The summed E-state index contributed by atoms with van der Waals surface area (Å²) in [5.74, 6) is -0.919. The van der Waals surface area contributed by atoms with Gasteiger partial charge in [0.15, 0.2) is 6.04 Å². The normalized spacial score (nSPS) is 16.2. The van der Waals surface area contributed by atoms with Crippen LogP contribution in [0.15, 0.2) is 66.9 Å². The van der Waals surface area contributed by atoms with Crippen molar-refractivity contribution in [1.82, 2.24) is 4.57 Å². The zero-order valence-electron chi connectivity index (χ0n) is 21.8. The van der Waals surface area contributed by atoms with Crippen LogP contribution < -0.4 is 21.0 Å². The van der Waals surface area contributed by atoms with E-state index in [9.17, 15) is 14.4 Å². The molecule has 0 fully saturated rings. The lowest BCUT2D eigenvalue weighted by Gasteiger charge is -2.36. The number of fused-ring (bicyclic) bond motifs is 3. The van der Waals surface area contributed by atoms with E-state index in [-0.39, 0.29) is 11.8 Å². The van der Waals surface area contributed by atoms with Crippen molar-refractivity contribution in [2.24, 2.45) is 5.73 Å². The lowest BCUT2D eigenvalue weighted by atomic mass is 10.00. The van der Waals surface area contributed by atoms with Crippen molar-refractivity contribution in [3.05, 3.63) is 89.1 Å². The number of anilines is 3. The molecular weight excluding hydrogens is 494 g/mol. The van der Waals surface area contributed by atoms with Crippen molar-refractivity contribution >= 4 is 45.7 Å². The van der Waals surface area contributed by atoms with E-state index in [1.54, 1.807) is 11.0 Å². The molecule has 0 spiro atoms. The van der Waals surface area contributed by atoms with Gasteiger partial charge in [0.1, 0.15) is 5.69 Å². The van der Waals surface area contributed by atoms with Gasteiger partial charge in [-0.2, -0.15) is 5.06 Å². The molecular formula is C30H29N5O4. The monoisotopic (exact) mass is 523 g/mol. The Hall–Kier alpha value is -4.63. The maximum absolute atomic E-state index is 13.7. The molecule has 9 heteroatoms. The smallest absolute Gasteiger partial charge is 0.329 e. The molecule has 39 heavy (non-hydrogen) atoms. The third kappa shape index (κ3) is 4.30. The molecule has 2 aliphatic heterocycles. The first-order valence-corrected chi connectivity index (χ1v) is 12.9. The number of carbonyl (C=O) groups excluding carboxylic acids is 3. The zero-order chi connectivity index (χ0) is 27.3. The Labute approximate surface area is 225 Å². The molecule has 3 heterocycles. The molecule has 0 saturated carbocycles. The number of hydrogen-bond donors (Lipinski definition) is 2. The lowest BCUT2D eigenvalue weighted by molar-refractivity contribution is -0.144. The molecule has 1 aromatic heterocycles. The fraction of sp³-hybridized carbons (Fsp3) is 0.233. The van der Waals surface area contributed by atoms with E-state index in [0.717, 1.165) is 38.8 Å². The van der Waals surface area contributed by atoms with Gasteiger partial charge in [-0.25, -0.2) is 0 Å². The summed E-state index contributed by atoms with van der Waals surface area (Å²) in [6, 6.07) is 18.8. The largest absolute Gasteiger partial charge is 0.343 e. The second-order valence-electron chi connectivity index (χ2n) is 9.97. The fourth-order valence-electron chi connectivity index (χ4n) is 5.59. The third-order valence-electron chi connectivity index (χ3n) is 7.40. The standard InChI is InChI=1S/C30H29N5O4/c1-18(36)34-12-11-22-13-28-25(14-27(22)34)32-30(38)29(35(28)39-19(2)37)24-17-33(26-6-4-3-5-23(24)26)16-21-9-7-20(15-31)8-10-21/h3-10,13-14,17,29H,11-12,15-16,31H2,1-2H3,(H,32,38). The van der Waals surface area contributed by atoms with Crippen LogP contribution in [0.4, 0.5) is 17.1 Å². The minimum absolute atomic E-state index is 0.0592. The van der Waals surface area contributed by atoms with Crippen LogP contribution in [0.5, 0.6) is 0 Å². The molecule has 6 rings (SSSR count). The molecule has 2 aliphatic rings. The van der Waals surface area contributed by atoms with Crippen LogP contribution in [0.3, 0.4) is 0 Å². The summed E-state index contributed by atoms with van der Waals surface area (Å²) in [5.41, 5.74) is 12.4. The predicted molar refractivity (Wildman–Crippen MR) is 149 cm³/mol. The highest BCUT2D eigenvalue weighted by molar-refractivity contribution is 6.07. The number of hydrogen-bond acceptors (Lipinski definition) is 6. The summed E-state index contributed by atoms with van der Waals surface area (Å²) < 4.78 is 2.10. The number of amides is 2. The minimum atomic E-state index is -0.907. The summed E-state index contributed by atoms with van der Waals surface area (Å²) in [6.45, 7) is 4.49. The van der Waals surface area contributed by atoms with Crippen LogP contribution in [0.2, 0.25) is 0 Å². The summed E-state index contributed by atoms with van der Waals surface area (Å²) in [6.07, 6.45) is 2.63. The summed E-state index contributed by atoms with van der Waals surface area (Å²) in [4.78, 5) is 45.5. The van der Waals surface area contributed by atoms with Gasteiger partial charge < -0.3 is 25.4 Å². The number of benzene rings is 3. The van der Waals surface area contributed by atoms with Crippen LogP contribution in [0.25, 0.3) is 10.9 Å². The molecule has 9 nitrogen and oxygen atoms in total. The van der Waals surface area contributed by atoms with Crippen LogP contribution >= 0.6 is 0 Å². The van der Waals surface area contributed by atoms with E-state index in [1.807, 2.05) is 48.7 Å². The molecule has 1 atom stereocenters. The maximum atomic E-state index is 13.7. The van der Waals surface area contributed by atoms with Crippen LogP contribution in [0, 0.1) is 0 Å². The molecule has 0 saturated heterocycles. The Morgan fingerprint density at radius 3 is 2.49 bits per heavy atom. The second kappa shape index (κ2) is 9.59. The van der Waals surface area contributed by atoms with E-state index in [1.165, 1.54) is 18.9 Å². The number of rotatable bonds is 5. The van der Waals surface area contributed by atoms with Gasteiger partial charge in [-0.05, 0) is 41.3 Å². The average Bonchev–Trinajstić information content (AvgIpc) is 3.49. The highest BCUT2D eigenvalue weighted by atomic mass is 16.7. The van der Waals surface area contributed by atoms with E-state index in [0.29, 0.717) is 37.4 Å². The van der Waals surface area contributed by atoms with E-state index in [2.05, 4.69) is 22.0 Å². The Morgan fingerprint density at radius 1 is 1.03 bits per heavy atom. The van der Waals surface area contributed by atoms with Gasteiger partial charge in [0, 0.05) is 61.8 Å². The van der Waals surface area contributed by atoms with E-state index >= 15 is 0 Å². The average molecular weight is 524 g/mol. The quantitative estimate of drug-likeness (QED) is 0.409. The number of nitrogens with two attached hydrogens (primary N) is 1. The van der Waals surface area contributed by atoms with Crippen molar-refractivity contribution in [1.29, 1.82) is 0 Å². The zero-order valence-corrected chi connectivity index (χ0v) is 21.8. The Morgan fingerprint density at radius 2 is 1.77 bits per heavy atom. The van der Waals surface area contributed by atoms with Crippen LogP contribution in [-0.4, -0.2) is 28.9 Å². The minimum Gasteiger partial charge on any atom is -0.343 e. The number of nitrogens with one attached hydrogen (secondary N) is 1. The van der Waals surface area contributed by atoms with Gasteiger partial charge in [0.25, 0.3) is 5.91 Å². The molecule has 2 amide bonds. The number of para-hydroxylation sites is 1. The van der Waals surface area contributed by atoms with Gasteiger partial charge >= 0.3 is 5.97 Å². The van der Waals surface area contributed by atoms with Crippen molar-refractivity contribution in [3.8, 4) is 0 Å². The van der Waals surface area contributed by atoms with Gasteiger partial charge in [-0.1, -0.05) is 42.5 Å². The second-order valence-corrected chi connectivity index (χ2v) is 9.97. The SMILES string of the molecule is CC(=O)ON1c2cc3c(cc2NC(=O)C1c1cn(Cc2ccc(CN)cc2)c2ccccc12)N(C(C)=O)CC3. The van der Waals surface area contributed by atoms with Crippen LogP contribution in [-0.2, 0) is 38.7 Å². The van der Waals surface area contributed by atoms with E-state index < -0.39 is 12.0 Å². The van der Waals surface area contributed by atoms with Crippen molar-refractivity contribution in [3.63, 3.8) is 0 Å². The van der Waals surface area contributed by atoms with Gasteiger partial charge in [-0.3, -0.25) is 14.4 Å². The molecule has 1 unspecified atom stereocenters. The fourth-order valence-corrected chi connectivity index (χ4v) is 5.59. The third-order valence-corrected chi connectivity index (χ3v) is 7.40. The molecule has 4 aromatic rings. The van der Waals surface area contributed by atoms with Crippen molar-refractivity contribution < 1.29 is 19.2 Å². The van der Waals surface area contributed by atoms with Gasteiger partial charge in [0.2, 0.25) is 5.91 Å². The number of aromatic nitrogens is 1. The number of carbonyl (C=O) groups is 3. The molecule has 3 aromatic carbocycles. The topological polar surface area (TPSA) is 110 Å². The number of hydroxylamine groups is 1. The van der Waals surface area contributed by atoms with Crippen molar-refractivity contribution in [2.45, 2.75) is 39.4 Å². The predicted octanol–water partition coefficient (Wildman–Crippen LogP) is 4.04. The highest BCUT2D eigenvalue weighted by Gasteiger charge is 2.40. The molecule has 0 radical (unpaired) electrons. The van der Waals surface area contributed by atoms with E-state index in [4.69, 9.17) is 10.6 Å². The summed E-state index contributed by atoms with van der Waals surface area (Å²) in [7, 11) is 0. The van der Waals surface area contributed by atoms with Crippen molar-refractivity contribution in [2.75, 3.05) is 21.8 Å². The molecule has 0 aliphatic carbocycles. The lowest BCUT2D eigenvalue weighted by Crippen LogP contribution is -2.42. The maximum Gasteiger partial charge on any atom is 0.329 e. The molecule has 3 N–H and O–H groups in total. The summed E-state index contributed by atoms with van der Waals surface area (Å²) >= 11 is 0. The summed E-state index contributed by atoms with van der Waals surface area (Å²) in [5, 5.41) is 5.31. The van der Waals surface area contributed by atoms with Crippen LogP contribution in [0.1, 0.15) is 42.1 Å². The first kappa shape index (κ1) is 24.7.